The maximum atomic E-state index is 12.8. The highest BCUT2D eigenvalue weighted by Crippen LogP contribution is 2.26. The second-order valence-corrected chi connectivity index (χ2v) is 6.58. The molecular weight excluding hydrogens is 284 g/mol. The first kappa shape index (κ1) is 13.6. The minimum Gasteiger partial charge on any atom is -0.269 e. The number of para-hydroxylation sites is 2. The third kappa shape index (κ3) is 2.36. The van der Waals surface area contributed by atoms with Crippen molar-refractivity contribution in [1.82, 2.24) is 4.98 Å². The molecule has 21 heavy (non-hydrogen) atoms. The Kier molecular flexibility index (Phi) is 3.35. The van der Waals surface area contributed by atoms with E-state index in [0.717, 1.165) is 5.39 Å². The molecule has 0 spiro atoms. The lowest BCUT2D eigenvalue weighted by Crippen LogP contribution is -2.26. The molecule has 0 atom stereocenters. The van der Waals surface area contributed by atoms with Gasteiger partial charge < -0.3 is 0 Å². The van der Waals surface area contributed by atoms with Crippen LogP contribution in [0.5, 0.6) is 0 Å². The van der Waals surface area contributed by atoms with E-state index in [2.05, 4.69) is 4.98 Å². The second-order valence-electron chi connectivity index (χ2n) is 4.64. The van der Waals surface area contributed by atoms with Gasteiger partial charge in [-0.1, -0.05) is 36.4 Å². The summed E-state index contributed by atoms with van der Waals surface area (Å²) in [7, 11) is -2.10. The molecule has 1 aromatic heterocycles. The molecule has 0 aliphatic heterocycles. The summed E-state index contributed by atoms with van der Waals surface area (Å²) in [6, 6.07) is 17.8. The van der Waals surface area contributed by atoms with Crippen LogP contribution in [0.3, 0.4) is 0 Å². The van der Waals surface area contributed by atoms with E-state index in [1.54, 1.807) is 43.6 Å². The second kappa shape index (κ2) is 5.18. The predicted octanol–water partition coefficient (Wildman–Crippen LogP) is 3.06. The Morgan fingerprint density at radius 3 is 2.38 bits per heavy atom. The van der Waals surface area contributed by atoms with Crippen molar-refractivity contribution in [3.63, 3.8) is 0 Å². The summed E-state index contributed by atoms with van der Waals surface area (Å²) in [6.45, 7) is 0. The molecule has 5 heteroatoms. The molecule has 0 aliphatic rings. The molecule has 0 N–H and O–H groups in total. The predicted molar refractivity (Wildman–Crippen MR) is 83.8 cm³/mol. The summed E-state index contributed by atoms with van der Waals surface area (Å²) in [6.07, 6.45) is 1.60. The van der Waals surface area contributed by atoms with Crippen molar-refractivity contribution in [3.05, 3.63) is 66.9 Å². The summed E-state index contributed by atoms with van der Waals surface area (Å²) in [5.74, 6) is 0. The minimum atomic E-state index is -3.65. The number of benzene rings is 2. The number of rotatable bonds is 3. The van der Waals surface area contributed by atoms with Gasteiger partial charge in [-0.25, -0.2) is 8.42 Å². The van der Waals surface area contributed by atoms with Gasteiger partial charge >= 0.3 is 0 Å². The van der Waals surface area contributed by atoms with Crippen molar-refractivity contribution in [2.24, 2.45) is 0 Å². The van der Waals surface area contributed by atoms with Crippen molar-refractivity contribution in [3.8, 4) is 0 Å². The van der Waals surface area contributed by atoms with Gasteiger partial charge in [-0.2, -0.15) is 0 Å². The number of anilines is 1. The quantitative estimate of drug-likeness (QED) is 0.746. The Morgan fingerprint density at radius 1 is 0.905 bits per heavy atom. The molecule has 106 valence electrons. The van der Waals surface area contributed by atoms with Crippen molar-refractivity contribution in [1.29, 1.82) is 0 Å². The summed E-state index contributed by atoms with van der Waals surface area (Å²) in [5.41, 5.74) is 1.10. The van der Waals surface area contributed by atoms with Crippen LogP contribution < -0.4 is 4.31 Å². The third-order valence-electron chi connectivity index (χ3n) is 3.35. The molecule has 0 saturated heterocycles. The van der Waals surface area contributed by atoms with Crippen LogP contribution in [0, 0.1) is 0 Å². The standard InChI is InChI=1S/C16H14N2O2S/c1-18(14-9-3-2-4-10-14)21(19,20)15-11-5-7-13-8-6-12-17-16(13)15/h2-12H,1H3. The van der Waals surface area contributed by atoms with E-state index in [1.807, 2.05) is 30.3 Å². The number of fused-ring (bicyclic) bond motifs is 1. The van der Waals surface area contributed by atoms with Crippen LogP contribution >= 0.6 is 0 Å². The van der Waals surface area contributed by atoms with Gasteiger partial charge in [0.05, 0.1) is 11.2 Å². The molecule has 0 aliphatic carbocycles. The van der Waals surface area contributed by atoms with Gasteiger partial charge in [0.25, 0.3) is 10.0 Å². The number of hydrogen-bond acceptors (Lipinski definition) is 3. The van der Waals surface area contributed by atoms with Crippen LogP contribution in [-0.4, -0.2) is 20.4 Å². The van der Waals surface area contributed by atoms with Gasteiger partial charge in [-0.15, -0.1) is 0 Å². The Hall–Kier alpha value is -2.40. The van der Waals surface area contributed by atoms with Crippen molar-refractivity contribution < 1.29 is 8.42 Å². The fourth-order valence-electron chi connectivity index (χ4n) is 2.21. The topological polar surface area (TPSA) is 50.3 Å². The van der Waals surface area contributed by atoms with Crippen LogP contribution in [-0.2, 0) is 10.0 Å². The van der Waals surface area contributed by atoms with E-state index in [9.17, 15) is 8.42 Å². The van der Waals surface area contributed by atoms with Gasteiger partial charge in [0, 0.05) is 18.6 Å². The monoisotopic (exact) mass is 298 g/mol. The molecule has 0 bridgehead atoms. The van der Waals surface area contributed by atoms with Crippen LogP contribution in [0.25, 0.3) is 10.9 Å². The number of sulfonamides is 1. The van der Waals surface area contributed by atoms with Gasteiger partial charge in [-0.05, 0) is 24.3 Å². The SMILES string of the molecule is CN(c1ccccc1)S(=O)(=O)c1cccc2cccnc12. The van der Waals surface area contributed by atoms with Crippen molar-refractivity contribution >= 4 is 26.6 Å². The van der Waals surface area contributed by atoms with Crippen LogP contribution in [0.4, 0.5) is 5.69 Å². The fraction of sp³-hybridized carbons (Fsp3) is 0.0625. The number of nitrogens with zero attached hydrogens (tertiary/aromatic N) is 2. The zero-order valence-corrected chi connectivity index (χ0v) is 12.3. The molecule has 2 aromatic carbocycles. The first-order valence-corrected chi connectivity index (χ1v) is 7.92. The molecule has 3 rings (SSSR count). The first-order valence-electron chi connectivity index (χ1n) is 6.48. The average molecular weight is 298 g/mol. The maximum Gasteiger partial charge on any atom is 0.266 e. The van der Waals surface area contributed by atoms with Crippen LogP contribution in [0.15, 0.2) is 71.8 Å². The van der Waals surface area contributed by atoms with Gasteiger partial charge in [0.1, 0.15) is 4.90 Å². The molecule has 3 aromatic rings. The summed E-state index contributed by atoms with van der Waals surface area (Å²) in [5, 5.41) is 0.806. The van der Waals surface area contributed by atoms with Crippen molar-refractivity contribution in [2.75, 3.05) is 11.4 Å². The van der Waals surface area contributed by atoms with Gasteiger partial charge in [0.2, 0.25) is 0 Å². The minimum absolute atomic E-state index is 0.215. The van der Waals surface area contributed by atoms with E-state index in [-0.39, 0.29) is 4.90 Å². The van der Waals surface area contributed by atoms with E-state index in [1.165, 1.54) is 4.31 Å². The molecule has 0 fully saturated rings. The molecule has 0 saturated carbocycles. The Labute approximate surface area is 123 Å². The molecule has 4 nitrogen and oxygen atoms in total. The molecule has 0 radical (unpaired) electrons. The largest absolute Gasteiger partial charge is 0.269 e. The smallest absolute Gasteiger partial charge is 0.266 e. The van der Waals surface area contributed by atoms with E-state index < -0.39 is 10.0 Å². The highest BCUT2D eigenvalue weighted by molar-refractivity contribution is 7.93. The normalized spacial score (nSPS) is 11.5. The highest BCUT2D eigenvalue weighted by atomic mass is 32.2. The molecule has 0 amide bonds. The molecule has 1 heterocycles. The molecular formula is C16H14N2O2S. The lowest BCUT2D eigenvalue weighted by atomic mass is 10.2. The van der Waals surface area contributed by atoms with Crippen LogP contribution in [0.2, 0.25) is 0 Å². The van der Waals surface area contributed by atoms with Crippen molar-refractivity contribution in [2.45, 2.75) is 4.90 Å². The highest BCUT2D eigenvalue weighted by Gasteiger charge is 2.23. The first-order chi connectivity index (χ1) is 10.1. The summed E-state index contributed by atoms with van der Waals surface area (Å²) < 4.78 is 26.9. The van der Waals surface area contributed by atoms with E-state index in [0.29, 0.717) is 11.2 Å². The van der Waals surface area contributed by atoms with Crippen LogP contribution in [0.1, 0.15) is 0 Å². The zero-order chi connectivity index (χ0) is 14.9. The fourth-order valence-corrected chi connectivity index (χ4v) is 3.57. The van der Waals surface area contributed by atoms with E-state index in [4.69, 9.17) is 0 Å². The molecule has 0 unspecified atom stereocenters. The number of hydrogen-bond donors (Lipinski definition) is 0. The average Bonchev–Trinajstić information content (AvgIpc) is 2.54. The number of pyridine rings is 1. The van der Waals surface area contributed by atoms with Gasteiger partial charge in [0.15, 0.2) is 0 Å². The van der Waals surface area contributed by atoms with E-state index >= 15 is 0 Å². The summed E-state index contributed by atoms with van der Waals surface area (Å²) in [4.78, 5) is 4.43. The number of aromatic nitrogens is 1. The lowest BCUT2D eigenvalue weighted by Gasteiger charge is -2.20. The third-order valence-corrected chi connectivity index (χ3v) is 5.17. The lowest BCUT2D eigenvalue weighted by molar-refractivity contribution is 0.595. The Morgan fingerprint density at radius 2 is 1.62 bits per heavy atom. The van der Waals surface area contributed by atoms with Gasteiger partial charge in [-0.3, -0.25) is 9.29 Å². The summed E-state index contributed by atoms with van der Waals surface area (Å²) >= 11 is 0. The zero-order valence-electron chi connectivity index (χ0n) is 11.5. The Balaban J connectivity index is 2.17. The Bertz CT molecular complexity index is 872. The maximum absolute atomic E-state index is 12.8.